The van der Waals surface area contributed by atoms with Gasteiger partial charge in [0.05, 0.1) is 5.60 Å². The lowest BCUT2D eigenvalue weighted by atomic mass is 10.0. The number of amides is 1. The number of carbonyl (C=O) groups is 1. The van der Waals surface area contributed by atoms with Crippen LogP contribution in [0.2, 0.25) is 0 Å². The van der Waals surface area contributed by atoms with Gasteiger partial charge in [-0.05, 0) is 53.4 Å². The summed E-state index contributed by atoms with van der Waals surface area (Å²) in [6.45, 7) is 11.2. The highest BCUT2D eigenvalue weighted by Crippen LogP contribution is 2.24. The first-order chi connectivity index (χ1) is 9.79. The van der Waals surface area contributed by atoms with Crippen molar-refractivity contribution in [2.24, 2.45) is 0 Å². The first kappa shape index (κ1) is 16.6. The van der Waals surface area contributed by atoms with Crippen molar-refractivity contribution in [2.75, 3.05) is 26.2 Å². The zero-order chi connectivity index (χ0) is 15.5. The van der Waals surface area contributed by atoms with E-state index in [1.54, 1.807) is 0 Å². The van der Waals surface area contributed by atoms with Gasteiger partial charge in [0.2, 0.25) is 0 Å². The van der Waals surface area contributed by atoms with Crippen molar-refractivity contribution in [3.8, 4) is 0 Å². The molecule has 2 heterocycles. The summed E-state index contributed by atoms with van der Waals surface area (Å²) in [6, 6.07) is 0.241. The Bertz CT molecular complexity index is 359. The molecule has 21 heavy (non-hydrogen) atoms. The van der Waals surface area contributed by atoms with Crippen molar-refractivity contribution < 1.29 is 14.3 Å². The Hall–Kier alpha value is -0.810. The number of likely N-dealkylation sites (tertiary alicyclic amines) is 1. The highest BCUT2D eigenvalue weighted by Gasteiger charge is 2.33. The van der Waals surface area contributed by atoms with Gasteiger partial charge in [0, 0.05) is 32.3 Å². The predicted molar refractivity (Wildman–Crippen MR) is 82.4 cm³/mol. The molecule has 0 saturated carbocycles. The lowest BCUT2D eigenvalue weighted by Gasteiger charge is -2.30. The highest BCUT2D eigenvalue weighted by molar-refractivity contribution is 5.69. The average molecular weight is 298 g/mol. The summed E-state index contributed by atoms with van der Waals surface area (Å²) in [6.07, 6.45) is 4.17. The first-order valence-corrected chi connectivity index (χ1v) is 8.13. The molecule has 2 unspecified atom stereocenters. The van der Waals surface area contributed by atoms with Crippen molar-refractivity contribution in [1.82, 2.24) is 10.2 Å². The molecule has 5 heteroatoms. The maximum Gasteiger partial charge on any atom is 0.410 e. The number of carbonyl (C=O) groups excluding carboxylic acids is 1. The summed E-state index contributed by atoms with van der Waals surface area (Å²) >= 11 is 0. The van der Waals surface area contributed by atoms with Gasteiger partial charge in [-0.3, -0.25) is 0 Å². The number of hydrogen-bond donors (Lipinski definition) is 1. The largest absolute Gasteiger partial charge is 0.444 e. The SMILES string of the molecule is CC(C)(C)OC(=O)N1CCCC1CNCC1(C)CCCO1. The minimum absolute atomic E-state index is 0.0324. The third kappa shape index (κ3) is 4.85. The number of ether oxygens (including phenoxy) is 2. The van der Waals surface area contributed by atoms with Gasteiger partial charge >= 0.3 is 6.09 Å². The van der Waals surface area contributed by atoms with Crippen molar-refractivity contribution >= 4 is 6.09 Å². The van der Waals surface area contributed by atoms with Gasteiger partial charge in [0.15, 0.2) is 0 Å². The Kier molecular flexibility index (Phi) is 5.15. The average Bonchev–Trinajstić information content (AvgIpc) is 2.96. The van der Waals surface area contributed by atoms with E-state index >= 15 is 0 Å². The minimum atomic E-state index is -0.428. The van der Waals surface area contributed by atoms with E-state index in [1.165, 1.54) is 0 Å². The molecule has 0 bridgehead atoms. The summed E-state index contributed by atoms with van der Waals surface area (Å²) in [7, 11) is 0. The monoisotopic (exact) mass is 298 g/mol. The molecule has 0 aromatic rings. The van der Waals surface area contributed by atoms with Gasteiger partial charge in [-0.1, -0.05) is 0 Å². The van der Waals surface area contributed by atoms with Crippen molar-refractivity contribution in [3.05, 3.63) is 0 Å². The lowest BCUT2D eigenvalue weighted by molar-refractivity contribution is 0.0156. The first-order valence-electron chi connectivity index (χ1n) is 8.13. The molecule has 2 rings (SSSR count). The molecule has 1 amide bonds. The van der Waals surface area contributed by atoms with Gasteiger partial charge < -0.3 is 19.7 Å². The topological polar surface area (TPSA) is 50.8 Å². The Balaban J connectivity index is 1.78. The summed E-state index contributed by atoms with van der Waals surface area (Å²) < 4.78 is 11.3. The summed E-state index contributed by atoms with van der Waals surface area (Å²) in [5.41, 5.74) is -0.460. The zero-order valence-corrected chi connectivity index (χ0v) is 13.9. The lowest BCUT2D eigenvalue weighted by Crippen LogP contribution is -2.46. The standard InChI is InChI=1S/C16H30N2O3/c1-15(2,3)21-14(19)18-9-5-7-13(18)11-17-12-16(4)8-6-10-20-16/h13,17H,5-12H2,1-4H3. The van der Waals surface area contributed by atoms with Crippen LogP contribution in [-0.4, -0.2) is 54.5 Å². The summed E-state index contributed by atoms with van der Waals surface area (Å²) in [4.78, 5) is 14.1. The smallest absolute Gasteiger partial charge is 0.410 e. The molecule has 2 atom stereocenters. The van der Waals surface area contributed by atoms with Crippen LogP contribution in [0.1, 0.15) is 53.4 Å². The normalized spacial score (nSPS) is 29.9. The molecular formula is C16H30N2O3. The van der Waals surface area contributed by atoms with Gasteiger partial charge in [0.25, 0.3) is 0 Å². The Morgan fingerprint density at radius 2 is 2.19 bits per heavy atom. The Morgan fingerprint density at radius 1 is 1.43 bits per heavy atom. The summed E-state index contributed by atoms with van der Waals surface area (Å²) in [5, 5.41) is 3.48. The third-order valence-corrected chi connectivity index (χ3v) is 4.18. The number of nitrogens with one attached hydrogen (secondary N) is 1. The van der Waals surface area contributed by atoms with Crippen LogP contribution >= 0.6 is 0 Å². The molecule has 0 aromatic carbocycles. The van der Waals surface area contributed by atoms with Crippen molar-refractivity contribution in [2.45, 2.75) is 70.6 Å². The predicted octanol–water partition coefficient (Wildman–Crippen LogP) is 2.54. The molecule has 2 fully saturated rings. The van der Waals surface area contributed by atoms with E-state index in [-0.39, 0.29) is 17.7 Å². The van der Waals surface area contributed by atoms with Crippen molar-refractivity contribution in [3.63, 3.8) is 0 Å². The molecule has 2 aliphatic rings. The molecule has 0 radical (unpaired) electrons. The number of nitrogens with zero attached hydrogens (tertiary/aromatic N) is 1. The van der Waals surface area contributed by atoms with E-state index in [2.05, 4.69) is 12.2 Å². The van der Waals surface area contributed by atoms with E-state index in [1.807, 2.05) is 25.7 Å². The fourth-order valence-corrected chi connectivity index (χ4v) is 3.09. The minimum Gasteiger partial charge on any atom is -0.444 e. The second-order valence-corrected chi connectivity index (χ2v) is 7.50. The van der Waals surface area contributed by atoms with Crippen LogP contribution in [-0.2, 0) is 9.47 Å². The van der Waals surface area contributed by atoms with Gasteiger partial charge in [-0.25, -0.2) is 4.79 Å². The highest BCUT2D eigenvalue weighted by atomic mass is 16.6. The van der Waals surface area contributed by atoms with Crippen molar-refractivity contribution in [1.29, 1.82) is 0 Å². The second kappa shape index (κ2) is 6.53. The Labute approximate surface area is 128 Å². The molecule has 5 nitrogen and oxygen atoms in total. The third-order valence-electron chi connectivity index (χ3n) is 4.18. The zero-order valence-electron chi connectivity index (χ0n) is 13.9. The van der Waals surface area contributed by atoms with E-state index in [9.17, 15) is 4.79 Å². The van der Waals surface area contributed by atoms with E-state index in [0.29, 0.717) is 0 Å². The fraction of sp³-hybridized carbons (Fsp3) is 0.938. The van der Waals surface area contributed by atoms with E-state index in [0.717, 1.165) is 51.9 Å². The molecule has 0 aliphatic carbocycles. The van der Waals surface area contributed by atoms with Gasteiger partial charge in [-0.15, -0.1) is 0 Å². The molecule has 122 valence electrons. The van der Waals surface area contributed by atoms with Crippen LogP contribution in [0.4, 0.5) is 4.79 Å². The Morgan fingerprint density at radius 3 is 2.81 bits per heavy atom. The van der Waals surface area contributed by atoms with Gasteiger partial charge in [-0.2, -0.15) is 0 Å². The molecule has 2 saturated heterocycles. The van der Waals surface area contributed by atoms with Crippen LogP contribution in [0, 0.1) is 0 Å². The molecular weight excluding hydrogens is 268 g/mol. The second-order valence-electron chi connectivity index (χ2n) is 7.50. The molecule has 2 aliphatic heterocycles. The van der Waals surface area contributed by atoms with E-state index in [4.69, 9.17) is 9.47 Å². The van der Waals surface area contributed by atoms with Crippen LogP contribution < -0.4 is 5.32 Å². The molecule has 0 spiro atoms. The fourth-order valence-electron chi connectivity index (χ4n) is 3.09. The van der Waals surface area contributed by atoms with Crippen LogP contribution in [0.5, 0.6) is 0 Å². The summed E-state index contributed by atoms with van der Waals surface area (Å²) in [5.74, 6) is 0. The molecule has 1 N–H and O–H groups in total. The van der Waals surface area contributed by atoms with Gasteiger partial charge in [0.1, 0.15) is 5.60 Å². The number of hydrogen-bond acceptors (Lipinski definition) is 4. The van der Waals surface area contributed by atoms with E-state index < -0.39 is 5.60 Å². The quantitative estimate of drug-likeness (QED) is 0.866. The van der Waals surface area contributed by atoms with Crippen LogP contribution in [0.3, 0.4) is 0 Å². The van der Waals surface area contributed by atoms with Crippen LogP contribution in [0.15, 0.2) is 0 Å². The molecule has 0 aromatic heterocycles. The maximum absolute atomic E-state index is 12.2. The van der Waals surface area contributed by atoms with Crippen LogP contribution in [0.25, 0.3) is 0 Å². The maximum atomic E-state index is 12.2. The number of rotatable bonds is 4.